The first kappa shape index (κ1) is 53.3. The van der Waals surface area contributed by atoms with Crippen molar-refractivity contribution in [3.8, 4) is 16.9 Å². The Morgan fingerprint density at radius 1 is 0.903 bits per heavy atom. The van der Waals surface area contributed by atoms with Crippen LogP contribution in [-0.4, -0.2) is 148 Å². The molecule has 2 aromatic heterocycles. The van der Waals surface area contributed by atoms with Crippen LogP contribution in [0.2, 0.25) is 0 Å². The minimum absolute atomic E-state index is 0.0285. The SMILES string of the molecule is CNC(=O)Cc1ccc(-c2ccn(CC34CC5(C)CC(C)(C3)CC(OCCNC(=O)OCc3ccc(NC(=O)O[C@@H]6O[C@H](C(=O)O)[C@@H](O)[C@H](O)[C@H]6O)c(OCCOCCN=[N+]=[N-])c3)(C5)C4)c2C)c(C(=O)O)n1. The van der Waals surface area contributed by atoms with E-state index in [1.54, 1.807) is 12.1 Å². The van der Waals surface area contributed by atoms with Crippen molar-refractivity contribution in [3.05, 3.63) is 75.7 Å². The minimum atomic E-state index is -2.00. The highest BCUT2D eigenvalue weighted by molar-refractivity contribution is 5.94. The number of anilines is 1. The fraction of sp³-hybridized carbons (Fsp3) is 0.583. The highest BCUT2D eigenvalue weighted by atomic mass is 16.7. The fourth-order valence-electron chi connectivity index (χ4n) is 12.1. The molecule has 5 aliphatic rings. The number of likely N-dealkylation sites (N-methyl/N-ethyl adjacent to an activating group) is 1. The molecule has 1 aromatic carbocycles. The number of benzene rings is 1. The third-order valence-corrected chi connectivity index (χ3v) is 13.8. The van der Waals surface area contributed by atoms with E-state index in [0.29, 0.717) is 16.8 Å². The molecular formula is C48H62N8O16. The van der Waals surface area contributed by atoms with Crippen LogP contribution in [-0.2, 0) is 52.8 Å². The second-order valence-electron chi connectivity index (χ2n) is 20.0. The number of ether oxygens (including phenoxy) is 6. The molecule has 4 aliphatic carbocycles. The largest absolute Gasteiger partial charge is 0.489 e. The van der Waals surface area contributed by atoms with Gasteiger partial charge < -0.3 is 69.2 Å². The summed E-state index contributed by atoms with van der Waals surface area (Å²) in [6, 6.07) is 9.76. The second-order valence-corrected chi connectivity index (χ2v) is 20.0. The highest BCUT2D eigenvalue weighted by Crippen LogP contribution is 2.72. The van der Waals surface area contributed by atoms with E-state index in [2.05, 4.69) is 49.4 Å². The fourth-order valence-corrected chi connectivity index (χ4v) is 12.1. The van der Waals surface area contributed by atoms with Crippen molar-refractivity contribution in [2.24, 2.45) is 21.4 Å². The number of aromatic carboxylic acids is 1. The Morgan fingerprint density at radius 3 is 2.35 bits per heavy atom. The summed E-state index contributed by atoms with van der Waals surface area (Å²) in [5, 5.41) is 60.9. The lowest BCUT2D eigenvalue weighted by molar-refractivity contribution is -0.277. The van der Waals surface area contributed by atoms with Gasteiger partial charge in [0.15, 0.2) is 11.8 Å². The van der Waals surface area contributed by atoms with Gasteiger partial charge in [-0.1, -0.05) is 31.1 Å². The predicted molar refractivity (Wildman–Crippen MR) is 252 cm³/mol. The third-order valence-electron chi connectivity index (χ3n) is 13.8. The van der Waals surface area contributed by atoms with Crippen molar-refractivity contribution < 1.29 is 77.9 Å². The summed E-state index contributed by atoms with van der Waals surface area (Å²) in [6.45, 7) is 7.81. The van der Waals surface area contributed by atoms with Crippen LogP contribution in [0.1, 0.15) is 79.8 Å². The number of nitrogens with one attached hydrogen (secondary N) is 3. The number of nitrogens with zero attached hydrogens (tertiary/aromatic N) is 5. The molecule has 8 N–H and O–H groups in total. The van der Waals surface area contributed by atoms with Crippen LogP contribution >= 0.6 is 0 Å². The molecule has 3 amide bonds. The number of aromatic nitrogens is 2. The van der Waals surface area contributed by atoms with Crippen LogP contribution in [0.4, 0.5) is 15.3 Å². The van der Waals surface area contributed by atoms with Crippen LogP contribution in [0.15, 0.2) is 47.7 Å². The Kier molecular flexibility index (Phi) is 16.3. The normalized spacial score (nSPS) is 28.1. The van der Waals surface area contributed by atoms with Crippen molar-refractivity contribution >= 4 is 35.7 Å². The van der Waals surface area contributed by atoms with Gasteiger partial charge in [-0.05, 0) is 97.1 Å². The number of carboxylic acids is 2. The van der Waals surface area contributed by atoms with Gasteiger partial charge in [-0.25, -0.2) is 24.2 Å². The minimum Gasteiger partial charge on any atom is -0.489 e. The molecule has 4 saturated carbocycles. The van der Waals surface area contributed by atoms with Crippen molar-refractivity contribution in [2.45, 2.75) is 115 Å². The molecule has 4 bridgehead atoms. The molecule has 3 heterocycles. The number of rotatable bonds is 22. The zero-order valence-corrected chi connectivity index (χ0v) is 40.5. The lowest BCUT2D eigenvalue weighted by Crippen LogP contribution is -2.64. The van der Waals surface area contributed by atoms with E-state index in [1.807, 2.05) is 19.2 Å². The van der Waals surface area contributed by atoms with Gasteiger partial charge in [0.1, 0.15) is 37.3 Å². The van der Waals surface area contributed by atoms with Crippen LogP contribution in [0.3, 0.4) is 0 Å². The van der Waals surface area contributed by atoms with E-state index in [0.717, 1.165) is 56.3 Å². The number of carboxylic acid groups (broad SMARTS) is 2. The number of aliphatic hydroxyl groups excluding tert-OH is 3. The molecule has 72 heavy (non-hydrogen) atoms. The summed E-state index contributed by atoms with van der Waals surface area (Å²) >= 11 is 0. The molecule has 7 atom stereocenters. The number of hydrogen-bond donors (Lipinski definition) is 8. The molecule has 390 valence electrons. The second kappa shape index (κ2) is 22.1. The smallest absolute Gasteiger partial charge is 0.414 e. The maximum absolute atomic E-state index is 13.0. The number of aliphatic carboxylic acids is 1. The number of carbonyl (C=O) groups excluding carboxylic acids is 3. The molecule has 3 aromatic rings. The van der Waals surface area contributed by atoms with E-state index in [9.17, 15) is 49.5 Å². The number of amides is 3. The molecule has 2 unspecified atom stereocenters. The average Bonchev–Trinajstić information content (AvgIpc) is 3.66. The number of pyridine rings is 1. The standard InChI is InChI=1S/C48H62N8O16/c1-27-30(31-7-6-29(18-34(57)50-4)53-35(31)40(61)62)9-12-56(27)26-47-21-45(2)20-46(3,22-47)24-48(23-45,25-47)70-14-10-51-43(65)69-19-28-5-8-32(33(17-28)68-16-15-67-13-11-52-55-49)54-44(66)72-42-38(60)36(58)37(59)39(71-42)41(63)64/h5-9,12,17,36-39,42,58-60H,10-11,13-16,18-26H2,1-4H3,(H,50,57)(H,51,65)(H,54,66)(H,61,62)(H,63,64)/t36-,37-,38+,39-,42-,45?,46?,47?,48?/m0/s1. The van der Waals surface area contributed by atoms with Crippen molar-refractivity contribution in [1.82, 2.24) is 20.2 Å². The first-order valence-electron chi connectivity index (χ1n) is 23.6. The molecule has 1 saturated heterocycles. The molecule has 8 rings (SSSR count). The molecule has 24 heteroatoms. The Bertz CT molecular complexity index is 2550. The Balaban J connectivity index is 0.951. The van der Waals surface area contributed by atoms with E-state index >= 15 is 0 Å². The summed E-state index contributed by atoms with van der Waals surface area (Å²) in [7, 11) is 1.51. The lowest BCUT2D eigenvalue weighted by atomic mass is 9.39. The van der Waals surface area contributed by atoms with Crippen LogP contribution in [0.25, 0.3) is 21.6 Å². The van der Waals surface area contributed by atoms with E-state index in [-0.39, 0.29) is 91.8 Å². The van der Waals surface area contributed by atoms with Gasteiger partial charge in [-0.2, -0.15) is 0 Å². The maximum Gasteiger partial charge on any atom is 0.414 e. The summed E-state index contributed by atoms with van der Waals surface area (Å²) in [4.78, 5) is 68.8. The van der Waals surface area contributed by atoms with Crippen molar-refractivity contribution in [1.29, 1.82) is 0 Å². The van der Waals surface area contributed by atoms with E-state index in [4.69, 9.17) is 34.0 Å². The predicted octanol–water partition coefficient (Wildman–Crippen LogP) is 4.05. The summed E-state index contributed by atoms with van der Waals surface area (Å²) in [5.74, 6) is -3.03. The lowest BCUT2D eigenvalue weighted by Gasteiger charge is -2.69. The van der Waals surface area contributed by atoms with Crippen molar-refractivity contribution in [2.75, 3.05) is 51.9 Å². The van der Waals surface area contributed by atoms with Crippen LogP contribution in [0, 0.1) is 23.2 Å². The number of alkyl carbamates (subject to hydrolysis) is 1. The number of carbonyl (C=O) groups is 5. The van der Waals surface area contributed by atoms with E-state index in [1.165, 1.54) is 25.2 Å². The first-order chi connectivity index (χ1) is 34.2. The Morgan fingerprint density at radius 2 is 1.65 bits per heavy atom. The van der Waals surface area contributed by atoms with Gasteiger partial charge in [0.25, 0.3) is 0 Å². The van der Waals surface area contributed by atoms with Gasteiger partial charge in [0, 0.05) is 54.6 Å². The Labute approximate surface area is 413 Å². The van der Waals surface area contributed by atoms with Crippen LogP contribution < -0.4 is 20.7 Å². The van der Waals surface area contributed by atoms with Gasteiger partial charge in [-0.15, -0.1) is 0 Å². The topological polar surface area (TPSA) is 345 Å². The number of hydrogen-bond acceptors (Lipinski definition) is 16. The Hall–Kier alpha value is -6.53. The highest BCUT2D eigenvalue weighted by Gasteiger charge is 2.66. The summed E-state index contributed by atoms with van der Waals surface area (Å²) < 4.78 is 35.8. The number of azide groups is 1. The van der Waals surface area contributed by atoms with Crippen LogP contribution in [0.5, 0.6) is 5.75 Å². The molecule has 0 spiro atoms. The molecule has 1 aliphatic heterocycles. The third kappa shape index (κ3) is 12.4. The van der Waals surface area contributed by atoms with Gasteiger partial charge >= 0.3 is 24.1 Å². The monoisotopic (exact) mass is 1010 g/mol. The molecule has 0 radical (unpaired) electrons. The summed E-state index contributed by atoms with van der Waals surface area (Å²) in [6.07, 6.45) is -4.19. The number of aliphatic hydroxyl groups is 3. The van der Waals surface area contributed by atoms with Gasteiger partial charge in [0.05, 0.1) is 43.2 Å². The molecule has 24 nitrogen and oxygen atoms in total. The molecular weight excluding hydrogens is 945 g/mol. The zero-order valence-electron chi connectivity index (χ0n) is 40.5. The van der Waals surface area contributed by atoms with Gasteiger partial charge in [-0.3, -0.25) is 10.1 Å². The summed E-state index contributed by atoms with van der Waals surface area (Å²) in [5.41, 5.74) is 10.9. The molecule has 5 fully saturated rings. The average molecular weight is 1010 g/mol. The van der Waals surface area contributed by atoms with Gasteiger partial charge in [0.2, 0.25) is 12.2 Å². The first-order valence-corrected chi connectivity index (χ1v) is 23.6. The zero-order chi connectivity index (χ0) is 52.0. The van der Waals surface area contributed by atoms with E-state index < -0.39 is 60.4 Å². The quantitative estimate of drug-likeness (QED) is 0.0304. The van der Waals surface area contributed by atoms with Crippen molar-refractivity contribution in [3.63, 3.8) is 0 Å². The maximum atomic E-state index is 13.0.